The molecule has 1 aromatic carbocycles. The lowest BCUT2D eigenvalue weighted by atomic mass is 10.1. The summed E-state index contributed by atoms with van der Waals surface area (Å²) in [6.45, 7) is 1.66. The Balaban J connectivity index is 2.22. The Morgan fingerprint density at radius 3 is 2.88 bits per heavy atom. The van der Waals surface area contributed by atoms with E-state index in [0.717, 1.165) is 0 Å². The number of anilines is 1. The van der Waals surface area contributed by atoms with E-state index in [0.29, 0.717) is 16.1 Å². The van der Waals surface area contributed by atoms with Gasteiger partial charge in [0.05, 0.1) is 17.8 Å². The van der Waals surface area contributed by atoms with Gasteiger partial charge >= 0.3 is 0 Å². The van der Waals surface area contributed by atoms with Crippen molar-refractivity contribution in [3.8, 4) is 0 Å². The Labute approximate surface area is 103 Å². The Morgan fingerprint density at radius 2 is 2.24 bits per heavy atom. The van der Waals surface area contributed by atoms with Crippen LogP contribution in [0.5, 0.6) is 0 Å². The Hall–Kier alpha value is -1.72. The van der Waals surface area contributed by atoms with Crippen LogP contribution in [-0.2, 0) is 0 Å². The Bertz CT molecular complexity index is 509. The van der Waals surface area contributed by atoms with E-state index in [9.17, 15) is 9.90 Å². The molecule has 2 aromatic rings. The molecule has 0 spiro atoms. The molecule has 0 radical (unpaired) electrons. The van der Waals surface area contributed by atoms with Gasteiger partial charge in [-0.1, -0.05) is 18.2 Å². The van der Waals surface area contributed by atoms with E-state index in [1.165, 1.54) is 17.5 Å². The van der Waals surface area contributed by atoms with E-state index in [2.05, 4.69) is 10.3 Å². The molecule has 0 fully saturated rings. The average Bonchev–Trinajstić information content (AvgIpc) is 2.83. The van der Waals surface area contributed by atoms with Crippen molar-refractivity contribution in [2.75, 3.05) is 5.32 Å². The van der Waals surface area contributed by atoms with E-state index < -0.39 is 6.10 Å². The summed E-state index contributed by atoms with van der Waals surface area (Å²) in [5.74, 6) is -0.208. The number of aromatic nitrogens is 1. The molecule has 88 valence electrons. The van der Waals surface area contributed by atoms with Gasteiger partial charge in [-0.05, 0) is 13.0 Å². The number of para-hydroxylation sites is 1. The van der Waals surface area contributed by atoms with E-state index in [-0.39, 0.29) is 5.91 Å². The van der Waals surface area contributed by atoms with Crippen molar-refractivity contribution in [2.24, 2.45) is 0 Å². The van der Waals surface area contributed by atoms with Crippen LogP contribution in [0.25, 0.3) is 0 Å². The van der Waals surface area contributed by atoms with Crippen LogP contribution in [-0.4, -0.2) is 16.0 Å². The highest BCUT2D eigenvalue weighted by molar-refractivity contribution is 7.11. The van der Waals surface area contributed by atoms with Crippen molar-refractivity contribution in [3.63, 3.8) is 0 Å². The van der Waals surface area contributed by atoms with Crippen LogP contribution in [0, 0.1) is 0 Å². The maximum atomic E-state index is 11.8. The van der Waals surface area contributed by atoms with Crippen LogP contribution in [0.2, 0.25) is 0 Å². The number of benzene rings is 1. The fourth-order valence-electron chi connectivity index (χ4n) is 1.49. The molecule has 0 aliphatic rings. The Kier molecular flexibility index (Phi) is 3.51. The third kappa shape index (κ3) is 2.69. The third-order valence-corrected chi connectivity index (χ3v) is 3.09. The second-order valence-corrected chi connectivity index (χ2v) is 4.47. The number of nitrogens with zero attached hydrogens (tertiary/aromatic N) is 1. The van der Waals surface area contributed by atoms with Crippen LogP contribution in [0.4, 0.5) is 5.69 Å². The summed E-state index contributed by atoms with van der Waals surface area (Å²) in [6, 6.07) is 7.19. The number of aliphatic hydroxyl groups excluding tert-OH is 1. The van der Waals surface area contributed by atoms with Crippen molar-refractivity contribution < 1.29 is 9.90 Å². The SMILES string of the molecule is CC(O)c1ccccc1NC(=O)c1cncs1. The summed E-state index contributed by atoms with van der Waals surface area (Å²) in [5, 5.41) is 12.4. The van der Waals surface area contributed by atoms with E-state index in [1.807, 2.05) is 12.1 Å². The number of amides is 1. The third-order valence-electron chi connectivity index (χ3n) is 2.32. The van der Waals surface area contributed by atoms with Crippen molar-refractivity contribution in [1.82, 2.24) is 4.98 Å². The molecule has 1 amide bonds. The quantitative estimate of drug-likeness (QED) is 0.877. The van der Waals surface area contributed by atoms with E-state index in [1.54, 1.807) is 24.6 Å². The number of nitrogens with one attached hydrogen (secondary N) is 1. The first-order chi connectivity index (χ1) is 8.18. The van der Waals surface area contributed by atoms with Crippen molar-refractivity contribution in [2.45, 2.75) is 13.0 Å². The zero-order valence-electron chi connectivity index (χ0n) is 9.25. The topological polar surface area (TPSA) is 62.2 Å². The van der Waals surface area contributed by atoms with Crippen LogP contribution < -0.4 is 5.32 Å². The molecule has 2 rings (SSSR count). The largest absolute Gasteiger partial charge is 0.389 e. The summed E-state index contributed by atoms with van der Waals surface area (Å²) < 4.78 is 0. The minimum atomic E-state index is -0.618. The Morgan fingerprint density at radius 1 is 1.47 bits per heavy atom. The smallest absolute Gasteiger partial charge is 0.267 e. The highest BCUT2D eigenvalue weighted by Crippen LogP contribution is 2.23. The van der Waals surface area contributed by atoms with Crippen molar-refractivity contribution in [1.29, 1.82) is 0 Å². The maximum Gasteiger partial charge on any atom is 0.267 e. The van der Waals surface area contributed by atoms with Gasteiger partial charge in [-0.15, -0.1) is 11.3 Å². The lowest BCUT2D eigenvalue weighted by Crippen LogP contribution is -2.12. The van der Waals surface area contributed by atoms with E-state index >= 15 is 0 Å². The van der Waals surface area contributed by atoms with Crippen LogP contribution >= 0.6 is 11.3 Å². The first kappa shape index (κ1) is 11.8. The van der Waals surface area contributed by atoms with Gasteiger partial charge in [0.2, 0.25) is 0 Å². The number of carbonyl (C=O) groups is 1. The first-order valence-electron chi connectivity index (χ1n) is 5.15. The molecule has 17 heavy (non-hydrogen) atoms. The highest BCUT2D eigenvalue weighted by Gasteiger charge is 2.12. The second-order valence-electron chi connectivity index (χ2n) is 3.58. The first-order valence-corrected chi connectivity index (χ1v) is 6.03. The van der Waals surface area contributed by atoms with Gasteiger partial charge in [0.1, 0.15) is 4.88 Å². The van der Waals surface area contributed by atoms with Gasteiger partial charge in [-0.3, -0.25) is 9.78 Å². The van der Waals surface area contributed by atoms with Gasteiger partial charge in [-0.25, -0.2) is 0 Å². The molecule has 0 saturated carbocycles. The minimum Gasteiger partial charge on any atom is -0.389 e. The van der Waals surface area contributed by atoms with Gasteiger partial charge in [0, 0.05) is 11.3 Å². The monoisotopic (exact) mass is 248 g/mol. The van der Waals surface area contributed by atoms with Crippen molar-refractivity contribution >= 4 is 22.9 Å². The zero-order valence-corrected chi connectivity index (χ0v) is 10.1. The summed E-state index contributed by atoms with van der Waals surface area (Å²) in [5.41, 5.74) is 2.93. The number of aliphatic hydroxyl groups is 1. The van der Waals surface area contributed by atoms with E-state index in [4.69, 9.17) is 0 Å². The number of rotatable bonds is 3. The standard InChI is InChI=1S/C12H12N2O2S/c1-8(15)9-4-2-3-5-10(9)14-12(16)11-6-13-7-17-11/h2-8,15H,1H3,(H,14,16). The zero-order chi connectivity index (χ0) is 12.3. The van der Waals surface area contributed by atoms with Gasteiger partial charge in [0.25, 0.3) is 5.91 Å². The number of hydrogen-bond donors (Lipinski definition) is 2. The van der Waals surface area contributed by atoms with Crippen LogP contribution in [0.3, 0.4) is 0 Å². The molecule has 2 N–H and O–H groups in total. The van der Waals surface area contributed by atoms with Crippen molar-refractivity contribution in [3.05, 3.63) is 46.4 Å². The molecular formula is C12H12N2O2S. The average molecular weight is 248 g/mol. The van der Waals surface area contributed by atoms with Gasteiger partial charge in [-0.2, -0.15) is 0 Å². The molecule has 5 heteroatoms. The normalized spacial score (nSPS) is 12.1. The number of hydrogen-bond acceptors (Lipinski definition) is 4. The lowest BCUT2D eigenvalue weighted by Gasteiger charge is -2.12. The highest BCUT2D eigenvalue weighted by atomic mass is 32.1. The van der Waals surface area contributed by atoms with Gasteiger partial charge < -0.3 is 10.4 Å². The molecule has 0 bridgehead atoms. The van der Waals surface area contributed by atoms with Crippen LogP contribution in [0.15, 0.2) is 36.0 Å². The summed E-state index contributed by atoms with van der Waals surface area (Å²) >= 11 is 1.28. The predicted octanol–water partition coefficient (Wildman–Crippen LogP) is 2.45. The summed E-state index contributed by atoms with van der Waals surface area (Å²) in [7, 11) is 0. The molecule has 0 aliphatic heterocycles. The number of carbonyl (C=O) groups excluding carboxylic acids is 1. The lowest BCUT2D eigenvalue weighted by molar-refractivity contribution is 0.103. The molecule has 1 unspecified atom stereocenters. The minimum absolute atomic E-state index is 0.208. The summed E-state index contributed by atoms with van der Waals surface area (Å²) in [6.07, 6.45) is 0.901. The summed E-state index contributed by atoms with van der Waals surface area (Å²) in [4.78, 5) is 16.2. The molecule has 0 aliphatic carbocycles. The second kappa shape index (κ2) is 5.07. The number of thiazole rings is 1. The molecule has 1 heterocycles. The molecule has 0 saturated heterocycles. The fraction of sp³-hybridized carbons (Fsp3) is 0.167. The predicted molar refractivity (Wildman–Crippen MR) is 67.1 cm³/mol. The maximum absolute atomic E-state index is 11.8. The molecule has 1 aromatic heterocycles. The molecule has 1 atom stereocenters. The molecular weight excluding hydrogens is 236 g/mol. The fourth-order valence-corrected chi connectivity index (χ4v) is 2.00. The van der Waals surface area contributed by atoms with Gasteiger partial charge in [0.15, 0.2) is 0 Å². The van der Waals surface area contributed by atoms with Crippen LogP contribution in [0.1, 0.15) is 28.3 Å². The molecule has 4 nitrogen and oxygen atoms in total.